The number of hydrogen-bond acceptors (Lipinski definition) is 3. The van der Waals surface area contributed by atoms with Crippen molar-refractivity contribution in [1.82, 2.24) is 9.97 Å². The number of nitrogens with zero attached hydrogens (tertiary/aromatic N) is 1. The molecule has 78 valence electrons. The Balaban J connectivity index is 2.78. The molecule has 4 nitrogen and oxygen atoms in total. The van der Waals surface area contributed by atoms with Gasteiger partial charge < -0.3 is 9.72 Å². The van der Waals surface area contributed by atoms with E-state index in [2.05, 4.69) is 16.9 Å². The molecule has 0 amide bonds. The summed E-state index contributed by atoms with van der Waals surface area (Å²) >= 11 is 0. The molecule has 0 spiro atoms. The van der Waals surface area contributed by atoms with Gasteiger partial charge in [0.1, 0.15) is 5.82 Å². The summed E-state index contributed by atoms with van der Waals surface area (Å²) in [6.45, 7) is 2.65. The average molecular weight is 196 g/mol. The minimum absolute atomic E-state index is 0.0745. The van der Waals surface area contributed by atoms with Gasteiger partial charge in [-0.05, 0) is 6.42 Å². The van der Waals surface area contributed by atoms with Crippen molar-refractivity contribution in [3.8, 4) is 0 Å². The molecule has 0 radical (unpaired) electrons. The number of hydrogen-bond donors (Lipinski definition) is 1. The first-order valence-electron chi connectivity index (χ1n) is 4.84. The predicted molar refractivity (Wildman–Crippen MR) is 54.4 cm³/mol. The van der Waals surface area contributed by atoms with Gasteiger partial charge in [0, 0.05) is 25.3 Å². The maximum Gasteiger partial charge on any atom is 0.251 e. The molecular weight excluding hydrogens is 180 g/mol. The summed E-state index contributed by atoms with van der Waals surface area (Å²) in [5, 5.41) is 0. The molecule has 0 aliphatic heterocycles. The average Bonchev–Trinajstić information content (AvgIpc) is 2.14. The molecule has 0 saturated heterocycles. The molecule has 0 aromatic carbocycles. The molecule has 1 aromatic heterocycles. The van der Waals surface area contributed by atoms with Crippen LogP contribution < -0.4 is 5.56 Å². The lowest BCUT2D eigenvalue weighted by molar-refractivity contribution is 0.200. The maximum absolute atomic E-state index is 11.2. The Hall–Kier alpha value is -1.16. The Morgan fingerprint density at radius 3 is 2.93 bits per heavy atom. The minimum Gasteiger partial charge on any atom is -0.384 e. The molecule has 0 fully saturated rings. The molecule has 1 aromatic rings. The summed E-state index contributed by atoms with van der Waals surface area (Å²) < 4.78 is 4.92. The third kappa shape index (κ3) is 3.30. The largest absolute Gasteiger partial charge is 0.384 e. The van der Waals surface area contributed by atoms with E-state index in [0.717, 1.165) is 18.5 Å². The first-order valence-corrected chi connectivity index (χ1v) is 4.84. The molecule has 0 unspecified atom stereocenters. The van der Waals surface area contributed by atoms with Gasteiger partial charge in [-0.25, -0.2) is 4.98 Å². The molecule has 1 heterocycles. The van der Waals surface area contributed by atoms with Gasteiger partial charge in [-0.3, -0.25) is 4.79 Å². The summed E-state index contributed by atoms with van der Waals surface area (Å²) in [6, 6.07) is 1.56. The van der Waals surface area contributed by atoms with Crippen LogP contribution in [-0.4, -0.2) is 23.7 Å². The highest BCUT2D eigenvalue weighted by atomic mass is 16.5. The van der Waals surface area contributed by atoms with E-state index < -0.39 is 0 Å². The first-order chi connectivity index (χ1) is 6.76. The fourth-order valence-corrected chi connectivity index (χ4v) is 1.26. The van der Waals surface area contributed by atoms with Crippen LogP contribution in [0.2, 0.25) is 0 Å². The van der Waals surface area contributed by atoms with Crippen LogP contribution in [0.15, 0.2) is 10.9 Å². The number of ether oxygens (including phenoxy) is 1. The molecular formula is C10H16N2O2. The highest BCUT2D eigenvalue weighted by Gasteiger charge is 2.00. The van der Waals surface area contributed by atoms with Crippen LogP contribution in [0.3, 0.4) is 0 Å². The summed E-state index contributed by atoms with van der Waals surface area (Å²) in [4.78, 5) is 18.2. The fraction of sp³-hybridized carbons (Fsp3) is 0.600. The lowest BCUT2D eigenvalue weighted by Crippen LogP contribution is -2.14. The number of methoxy groups -OCH3 is 1. The monoisotopic (exact) mass is 196 g/mol. The quantitative estimate of drug-likeness (QED) is 0.761. The van der Waals surface area contributed by atoms with Crippen molar-refractivity contribution in [3.63, 3.8) is 0 Å². The Morgan fingerprint density at radius 1 is 1.50 bits per heavy atom. The second kappa shape index (κ2) is 5.54. The first kappa shape index (κ1) is 10.9. The molecule has 1 rings (SSSR count). The Morgan fingerprint density at radius 2 is 2.29 bits per heavy atom. The van der Waals surface area contributed by atoms with Crippen LogP contribution in [0.4, 0.5) is 0 Å². The van der Waals surface area contributed by atoms with Crippen LogP contribution in [0.25, 0.3) is 0 Å². The van der Waals surface area contributed by atoms with Crippen molar-refractivity contribution in [1.29, 1.82) is 0 Å². The van der Waals surface area contributed by atoms with Crippen LogP contribution in [0.1, 0.15) is 24.9 Å². The highest BCUT2D eigenvalue weighted by Crippen LogP contribution is 1.97. The molecule has 0 saturated carbocycles. The number of aryl methyl sites for hydroxylation is 1. The van der Waals surface area contributed by atoms with E-state index in [-0.39, 0.29) is 5.56 Å². The van der Waals surface area contributed by atoms with Gasteiger partial charge >= 0.3 is 0 Å². The zero-order valence-electron chi connectivity index (χ0n) is 8.67. The zero-order valence-corrected chi connectivity index (χ0v) is 8.67. The number of rotatable bonds is 5. The fourth-order valence-electron chi connectivity index (χ4n) is 1.26. The van der Waals surface area contributed by atoms with Crippen molar-refractivity contribution in [2.45, 2.75) is 26.2 Å². The molecule has 0 bridgehead atoms. The topological polar surface area (TPSA) is 55.0 Å². The second-order valence-electron chi connectivity index (χ2n) is 3.18. The lowest BCUT2D eigenvalue weighted by Gasteiger charge is -2.02. The van der Waals surface area contributed by atoms with Crippen LogP contribution >= 0.6 is 0 Å². The normalized spacial score (nSPS) is 10.4. The molecule has 0 aliphatic carbocycles. The summed E-state index contributed by atoms with van der Waals surface area (Å²) in [6.07, 6.45) is 2.51. The third-order valence-electron chi connectivity index (χ3n) is 1.89. The van der Waals surface area contributed by atoms with E-state index in [1.165, 1.54) is 0 Å². The van der Waals surface area contributed by atoms with E-state index in [1.54, 1.807) is 13.2 Å². The Kier molecular flexibility index (Phi) is 4.32. The van der Waals surface area contributed by atoms with Crippen molar-refractivity contribution in [2.24, 2.45) is 0 Å². The van der Waals surface area contributed by atoms with E-state index in [4.69, 9.17) is 4.74 Å². The summed E-state index contributed by atoms with van der Waals surface area (Å²) in [5.74, 6) is 0.711. The van der Waals surface area contributed by atoms with Crippen molar-refractivity contribution >= 4 is 0 Å². The van der Waals surface area contributed by atoms with Gasteiger partial charge in [-0.1, -0.05) is 13.3 Å². The maximum atomic E-state index is 11.2. The molecule has 14 heavy (non-hydrogen) atoms. The Bertz CT molecular complexity index is 333. The van der Waals surface area contributed by atoms with Gasteiger partial charge in [0.25, 0.3) is 5.56 Å². The highest BCUT2D eigenvalue weighted by molar-refractivity contribution is 5.03. The van der Waals surface area contributed by atoms with E-state index in [0.29, 0.717) is 18.9 Å². The number of aromatic nitrogens is 2. The Labute approximate surface area is 83.3 Å². The SMILES string of the molecule is CCCc1cc(=O)[nH]c(CCOC)n1. The summed E-state index contributed by atoms with van der Waals surface area (Å²) in [7, 11) is 1.63. The predicted octanol–water partition coefficient (Wildman–Crippen LogP) is 0.911. The molecule has 1 N–H and O–H groups in total. The van der Waals surface area contributed by atoms with Gasteiger partial charge in [-0.15, -0.1) is 0 Å². The third-order valence-corrected chi connectivity index (χ3v) is 1.89. The minimum atomic E-state index is -0.0745. The van der Waals surface area contributed by atoms with Gasteiger partial charge in [-0.2, -0.15) is 0 Å². The van der Waals surface area contributed by atoms with E-state index in [9.17, 15) is 4.79 Å². The molecule has 0 atom stereocenters. The number of H-pyrrole nitrogens is 1. The standard InChI is InChI=1S/C10H16N2O2/c1-3-4-8-7-10(13)12-9(11-8)5-6-14-2/h7H,3-6H2,1-2H3,(H,11,12,13). The van der Waals surface area contributed by atoms with Gasteiger partial charge in [0.2, 0.25) is 0 Å². The lowest BCUT2D eigenvalue weighted by atomic mass is 10.2. The molecule has 4 heteroatoms. The van der Waals surface area contributed by atoms with E-state index >= 15 is 0 Å². The number of aromatic amines is 1. The van der Waals surface area contributed by atoms with Crippen molar-refractivity contribution in [2.75, 3.05) is 13.7 Å². The van der Waals surface area contributed by atoms with Crippen molar-refractivity contribution < 1.29 is 4.74 Å². The number of nitrogens with one attached hydrogen (secondary N) is 1. The smallest absolute Gasteiger partial charge is 0.251 e. The van der Waals surface area contributed by atoms with Crippen LogP contribution in [0.5, 0.6) is 0 Å². The second-order valence-corrected chi connectivity index (χ2v) is 3.18. The van der Waals surface area contributed by atoms with E-state index in [1.807, 2.05) is 0 Å². The van der Waals surface area contributed by atoms with Crippen molar-refractivity contribution in [3.05, 3.63) is 27.9 Å². The van der Waals surface area contributed by atoms with Gasteiger partial charge in [0.15, 0.2) is 0 Å². The summed E-state index contributed by atoms with van der Waals surface area (Å²) in [5.41, 5.74) is 0.789. The van der Waals surface area contributed by atoms with Crippen LogP contribution in [0, 0.1) is 0 Å². The van der Waals surface area contributed by atoms with Gasteiger partial charge in [0.05, 0.1) is 6.61 Å². The van der Waals surface area contributed by atoms with Crippen LogP contribution in [-0.2, 0) is 17.6 Å². The molecule has 0 aliphatic rings. The zero-order chi connectivity index (χ0) is 10.4.